The maximum absolute atomic E-state index is 9.28. The molecule has 2 rings (SSSR count). The summed E-state index contributed by atoms with van der Waals surface area (Å²) in [6.07, 6.45) is 2.47. The molecular formula is C12H16BrNO. The zero-order valence-electron chi connectivity index (χ0n) is 8.69. The minimum atomic E-state index is 0.125. The van der Waals surface area contributed by atoms with Crippen molar-refractivity contribution < 1.29 is 5.11 Å². The van der Waals surface area contributed by atoms with Crippen molar-refractivity contribution in [1.82, 2.24) is 0 Å². The molecule has 0 bridgehead atoms. The smallest absolute Gasteiger partial charge is 0.0702 e. The molecule has 0 spiro atoms. The highest BCUT2D eigenvalue weighted by atomic mass is 79.9. The molecule has 1 unspecified atom stereocenters. The van der Waals surface area contributed by atoms with E-state index < -0.39 is 0 Å². The second-order valence-corrected chi connectivity index (χ2v) is 5.27. The largest absolute Gasteiger partial charge is 0.392 e. The van der Waals surface area contributed by atoms with E-state index in [1.165, 1.54) is 18.5 Å². The number of halogens is 1. The predicted molar refractivity (Wildman–Crippen MR) is 66.5 cm³/mol. The maximum Gasteiger partial charge on any atom is 0.0702 e. The third-order valence-corrected chi connectivity index (χ3v) is 3.61. The lowest BCUT2D eigenvalue weighted by Crippen LogP contribution is -2.36. The predicted octanol–water partition coefficient (Wildman–Crippen LogP) is 2.54. The Balaban J connectivity index is 2.20. The first-order valence-electron chi connectivity index (χ1n) is 5.39. The van der Waals surface area contributed by atoms with E-state index in [4.69, 9.17) is 0 Å². The Labute approximate surface area is 99.0 Å². The van der Waals surface area contributed by atoms with Gasteiger partial charge in [-0.15, -0.1) is 0 Å². The summed E-state index contributed by atoms with van der Waals surface area (Å²) < 4.78 is 0. The summed E-state index contributed by atoms with van der Waals surface area (Å²) in [6.45, 7) is 2.26. The number of piperidine rings is 1. The molecule has 1 atom stereocenters. The van der Waals surface area contributed by atoms with Gasteiger partial charge < -0.3 is 10.0 Å². The number of alkyl halides is 1. The maximum atomic E-state index is 9.28. The van der Waals surface area contributed by atoms with Crippen molar-refractivity contribution in [3.05, 3.63) is 29.8 Å². The Morgan fingerprint density at radius 1 is 1.40 bits per heavy atom. The number of aliphatic hydroxyl groups is 1. The molecule has 0 saturated carbocycles. The number of para-hydroxylation sites is 1. The lowest BCUT2D eigenvalue weighted by Gasteiger charge is -2.33. The van der Waals surface area contributed by atoms with Gasteiger partial charge in [0.2, 0.25) is 0 Å². The number of nitrogens with zero attached hydrogens (tertiary/aromatic N) is 1. The van der Waals surface area contributed by atoms with Crippen molar-refractivity contribution in [2.24, 2.45) is 0 Å². The molecular weight excluding hydrogens is 254 g/mol. The number of hydrogen-bond acceptors (Lipinski definition) is 2. The molecule has 1 heterocycles. The van der Waals surface area contributed by atoms with Gasteiger partial charge in [-0.05, 0) is 18.9 Å². The molecule has 82 valence electrons. The molecule has 0 aliphatic carbocycles. The van der Waals surface area contributed by atoms with Crippen LogP contribution in [0.5, 0.6) is 0 Å². The summed E-state index contributed by atoms with van der Waals surface area (Å²) in [5.41, 5.74) is 2.21. The van der Waals surface area contributed by atoms with Crippen LogP contribution in [-0.2, 0) is 6.61 Å². The topological polar surface area (TPSA) is 23.5 Å². The van der Waals surface area contributed by atoms with Crippen molar-refractivity contribution in [2.45, 2.75) is 24.3 Å². The Morgan fingerprint density at radius 3 is 2.93 bits per heavy atom. The molecule has 15 heavy (non-hydrogen) atoms. The standard InChI is InChI=1S/C12H16BrNO/c13-11-5-3-7-14(8-11)12-6-2-1-4-10(12)9-15/h1-2,4,6,11,15H,3,5,7-9H2. The minimum Gasteiger partial charge on any atom is -0.392 e. The molecule has 1 aromatic rings. The van der Waals surface area contributed by atoms with Crippen LogP contribution >= 0.6 is 15.9 Å². The highest BCUT2D eigenvalue weighted by Crippen LogP contribution is 2.26. The minimum absolute atomic E-state index is 0.125. The molecule has 1 aromatic carbocycles. The van der Waals surface area contributed by atoms with Crippen molar-refractivity contribution in [3.8, 4) is 0 Å². The number of hydrogen-bond donors (Lipinski definition) is 1. The molecule has 1 aliphatic rings. The van der Waals surface area contributed by atoms with Gasteiger partial charge in [-0.2, -0.15) is 0 Å². The van der Waals surface area contributed by atoms with Crippen LogP contribution in [0.3, 0.4) is 0 Å². The van der Waals surface area contributed by atoms with Crippen LogP contribution in [-0.4, -0.2) is 23.0 Å². The van der Waals surface area contributed by atoms with E-state index in [1.807, 2.05) is 18.2 Å². The van der Waals surface area contributed by atoms with Crippen LogP contribution in [0.1, 0.15) is 18.4 Å². The van der Waals surface area contributed by atoms with Crippen LogP contribution in [0.4, 0.5) is 5.69 Å². The van der Waals surface area contributed by atoms with Gasteiger partial charge in [0.25, 0.3) is 0 Å². The van der Waals surface area contributed by atoms with E-state index in [1.54, 1.807) is 0 Å². The molecule has 0 amide bonds. The molecule has 1 aliphatic heterocycles. The van der Waals surface area contributed by atoms with Crippen molar-refractivity contribution >= 4 is 21.6 Å². The molecule has 3 heteroatoms. The highest BCUT2D eigenvalue weighted by Gasteiger charge is 2.19. The molecule has 0 radical (unpaired) electrons. The monoisotopic (exact) mass is 269 g/mol. The summed E-state index contributed by atoms with van der Waals surface area (Å²) >= 11 is 3.67. The van der Waals surface area contributed by atoms with E-state index in [9.17, 15) is 5.11 Å². The number of rotatable bonds is 2. The zero-order chi connectivity index (χ0) is 10.7. The first kappa shape index (κ1) is 11.0. The van der Waals surface area contributed by atoms with Crippen molar-refractivity contribution in [2.75, 3.05) is 18.0 Å². The Hall–Kier alpha value is -0.540. The van der Waals surface area contributed by atoms with Gasteiger partial charge in [0.05, 0.1) is 6.61 Å². The quantitative estimate of drug-likeness (QED) is 0.835. The SMILES string of the molecule is OCc1ccccc1N1CCCC(Br)C1. The van der Waals surface area contributed by atoms with Gasteiger partial charge in [0, 0.05) is 29.2 Å². The fourth-order valence-electron chi connectivity index (χ4n) is 2.10. The van der Waals surface area contributed by atoms with Crippen molar-refractivity contribution in [1.29, 1.82) is 0 Å². The van der Waals surface area contributed by atoms with E-state index >= 15 is 0 Å². The normalized spacial score (nSPS) is 21.7. The summed E-state index contributed by atoms with van der Waals surface area (Å²) in [6, 6.07) is 8.10. The summed E-state index contributed by atoms with van der Waals surface area (Å²) in [5.74, 6) is 0. The average Bonchev–Trinajstić information content (AvgIpc) is 2.29. The molecule has 2 nitrogen and oxygen atoms in total. The third-order valence-electron chi connectivity index (χ3n) is 2.87. The fraction of sp³-hybridized carbons (Fsp3) is 0.500. The van der Waals surface area contributed by atoms with Crippen molar-refractivity contribution in [3.63, 3.8) is 0 Å². The van der Waals surface area contributed by atoms with Gasteiger partial charge in [-0.1, -0.05) is 34.1 Å². The van der Waals surface area contributed by atoms with Gasteiger partial charge in [-0.25, -0.2) is 0 Å². The number of benzene rings is 1. The Bertz CT molecular complexity index is 329. The van der Waals surface area contributed by atoms with Gasteiger partial charge in [0.1, 0.15) is 0 Å². The second-order valence-electron chi connectivity index (χ2n) is 3.97. The average molecular weight is 270 g/mol. The van der Waals surface area contributed by atoms with Gasteiger partial charge in [-0.3, -0.25) is 0 Å². The van der Waals surface area contributed by atoms with Crippen LogP contribution in [0.15, 0.2) is 24.3 Å². The third kappa shape index (κ3) is 2.52. The first-order chi connectivity index (χ1) is 7.31. The summed E-state index contributed by atoms with van der Waals surface area (Å²) in [4.78, 5) is 2.94. The van der Waals surface area contributed by atoms with Crippen LogP contribution < -0.4 is 4.90 Å². The zero-order valence-corrected chi connectivity index (χ0v) is 10.3. The van der Waals surface area contributed by atoms with E-state index in [0.29, 0.717) is 4.83 Å². The lowest BCUT2D eigenvalue weighted by molar-refractivity contribution is 0.282. The fourth-order valence-corrected chi connectivity index (χ4v) is 2.77. The second kappa shape index (κ2) is 4.99. The van der Waals surface area contributed by atoms with Crippen LogP contribution in [0.2, 0.25) is 0 Å². The van der Waals surface area contributed by atoms with Crippen LogP contribution in [0.25, 0.3) is 0 Å². The van der Waals surface area contributed by atoms with E-state index in [2.05, 4.69) is 26.9 Å². The number of aliphatic hydroxyl groups excluding tert-OH is 1. The summed E-state index contributed by atoms with van der Waals surface area (Å²) in [5, 5.41) is 9.28. The molecule has 1 saturated heterocycles. The summed E-state index contributed by atoms with van der Waals surface area (Å²) in [7, 11) is 0. The highest BCUT2D eigenvalue weighted by molar-refractivity contribution is 9.09. The van der Waals surface area contributed by atoms with Gasteiger partial charge in [0.15, 0.2) is 0 Å². The Morgan fingerprint density at radius 2 is 2.20 bits per heavy atom. The van der Waals surface area contributed by atoms with E-state index in [-0.39, 0.29) is 6.61 Å². The van der Waals surface area contributed by atoms with E-state index in [0.717, 1.165) is 18.7 Å². The lowest BCUT2D eigenvalue weighted by atomic mass is 10.1. The Kier molecular flexibility index (Phi) is 3.65. The first-order valence-corrected chi connectivity index (χ1v) is 6.30. The number of anilines is 1. The molecule has 1 N–H and O–H groups in total. The molecule has 0 aromatic heterocycles. The van der Waals surface area contributed by atoms with Gasteiger partial charge >= 0.3 is 0 Å². The molecule has 1 fully saturated rings. The van der Waals surface area contributed by atoms with Crippen LogP contribution in [0, 0.1) is 0 Å².